The van der Waals surface area contributed by atoms with Crippen LogP contribution in [-0.2, 0) is 30.7 Å². The smallest absolute Gasteiger partial charge is 0.269 e. The molecule has 0 aliphatic rings. The average Bonchev–Trinajstić information content (AvgIpc) is 3.53. The number of imidazole rings is 1. The van der Waals surface area contributed by atoms with Gasteiger partial charge >= 0.3 is 0 Å². The Hall–Kier alpha value is -5.09. The molecular formula is C38H42N6O3S. The van der Waals surface area contributed by atoms with Crippen molar-refractivity contribution in [3.8, 4) is 0 Å². The fourth-order valence-corrected chi connectivity index (χ4v) is 6.04. The molecule has 0 aliphatic carbocycles. The quantitative estimate of drug-likeness (QED) is 0.0732. The number of hydrogen-bond donors (Lipinski definition) is 2. The summed E-state index contributed by atoms with van der Waals surface area (Å²) in [5, 5.41) is 20.9. The highest BCUT2D eigenvalue weighted by molar-refractivity contribution is 7.80. The van der Waals surface area contributed by atoms with Crippen molar-refractivity contribution in [1.82, 2.24) is 25.1 Å². The molecule has 1 heterocycles. The van der Waals surface area contributed by atoms with Crippen molar-refractivity contribution in [2.24, 2.45) is 5.92 Å². The number of fused-ring (bicyclic) bond motifs is 1. The summed E-state index contributed by atoms with van der Waals surface area (Å²) in [7, 11) is 0. The van der Waals surface area contributed by atoms with E-state index < -0.39 is 4.92 Å². The normalized spacial score (nSPS) is 12.3. The lowest BCUT2D eigenvalue weighted by molar-refractivity contribution is -0.384. The van der Waals surface area contributed by atoms with Crippen LogP contribution in [0, 0.1) is 16.0 Å². The molecule has 5 aromatic rings. The third kappa shape index (κ3) is 9.25. The van der Waals surface area contributed by atoms with Gasteiger partial charge in [-0.2, -0.15) is 0 Å². The maximum atomic E-state index is 13.6. The SMILES string of the molecule is CC[C@H](C)[C@@H](CN(Cc1cccc2ccccc12)C(=S)NCCc1ccccc1)NC(=O)Cc1cncn1Cc1ccc([N+](=O)[O-])cc1. The highest BCUT2D eigenvalue weighted by atomic mass is 32.1. The minimum Gasteiger partial charge on any atom is -0.362 e. The Morgan fingerprint density at radius 1 is 0.979 bits per heavy atom. The van der Waals surface area contributed by atoms with Crippen LogP contribution in [0.1, 0.15) is 42.7 Å². The Balaban J connectivity index is 1.30. The first kappa shape index (κ1) is 34.3. The van der Waals surface area contributed by atoms with Crippen molar-refractivity contribution >= 4 is 39.7 Å². The summed E-state index contributed by atoms with van der Waals surface area (Å²) in [5.74, 6) is 0.0971. The van der Waals surface area contributed by atoms with Crippen LogP contribution >= 0.6 is 12.2 Å². The summed E-state index contributed by atoms with van der Waals surface area (Å²) in [6, 6.07) is 31.3. The predicted octanol–water partition coefficient (Wildman–Crippen LogP) is 6.69. The molecule has 0 spiro atoms. The van der Waals surface area contributed by atoms with Gasteiger partial charge in [-0.05, 0) is 52.0 Å². The summed E-state index contributed by atoms with van der Waals surface area (Å²) >= 11 is 6.02. The molecule has 4 aromatic carbocycles. The van der Waals surface area contributed by atoms with E-state index in [1.54, 1.807) is 24.7 Å². The van der Waals surface area contributed by atoms with E-state index in [0.29, 0.717) is 31.3 Å². The van der Waals surface area contributed by atoms with Crippen LogP contribution in [0.15, 0.2) is 110 Å². The average molecular weight is 663 g/mol. The van der Waals surface area contributed by atoms with Crippen molar-refractivity contribution < 1.29 is 9.72 Å². The Morgan fingerprint density at radius 2 is 1.71 bits per heavy atom. The van der Waals surface area contributed by atoms with Crippen molar-refractivity contribution in [2.45, 2.75) is 52.2 Å². The van der Waals surface area contributed by atoms with Crippen molar-refractivity contribution in [2.75, 3.05) is 13.1 Å². The highest BCUT2D eigenvalue weighted by Gasteiger charge is 2.24. The first-order chi connectivity index (χ1) is 23.3. The number of benzene rings is 4. The number of nitrogens with zero attached hydrogens (tertiary/aromatic N) is 4. The second kappa shape index (κ2) is 16.6. The number of hydrogen-bond acceptors (Lipinski definition) is 5. The molecule has 0 bridgehead atoms. The maximum Gasteiger partial charge on any atom is 0.269 e. The molecule has 0 fully saturated rings. The van der Waals surface area contributed by atoms with Crippen LogP contribution < -0.4 is 10.6 Å². The molecule has 10 heteroatoms. The summed E-state index contributed by atoms with van der Waals surface area (Å²) in [6.07, 6.45) is 5.27. The van der Waals surface area contributed by atoms with Gasteiger partial charge in [0, 0.05) is 56.2 Å². The van der Waals surface area contributed by atoms with Crippen LogP contribution in [0.3, 0.4) is 0 Å². The number of carbonyl (C=O) groups excluding carboxylic acids is 1. The molecule has 5 rings (SSSR count). The van der Waals surface area contributed by atoms with E-state index in [0.717, 1.165) is 24.1 Å². The number of non-ortho nitro benzene ring substituents is 1. The van der Waals surface area contributed by atoms with Gasteiger partial charge in [-0.25, -0.2) is 4.98 Å². The molecule has 1 aromatic heterocycles. The van der Waals surface area contributed by atoms with Gasteiger partial charge in [-0.1, -0.05) is 105 Å². The molecule has 0 unspecified atom stereocenters. The van der Waals surface area contributed by atoms with Crippen molar-refractivity contribution in [3.05, 3.63) is 142 Å². The van der Waals surface area contributed by atoms with E-state index in [1.165, 1.54) is 34.0 Å². The molecule has 1 amide bonds. The molecule has 2 N–H and O–H groups in total. The number of rotatable bonds is 15. The summed E-state index contributed by atoms with van der Waals surface area (Å²) in [6.45, 7) is 6.60. The fourth-order valence-electron chi connectivity index (χ4n) is 5.80. The van der Waals surface area contributed by atoms with Crippen LogP contribution in [-0.4, -0.2) is 49.5 Å². The number of aromatic nitrogens is 2. The lowest BCUT2D eigenvalue weighted by Gasteiger charge is -2.33. The summed E-state index contributed by atoms with van der Waals surface area (Å²) in [4.78, 5) is 30.7. The Bertz CT molecular complexity index is 1820. The van der Waals surface area contributed by atoms with E-state index in [1.807, 2.05) is 28.8 Å². The summed E-state index contributed by atoms with van der Waals surface area (Å²) < 4.78 is 1.90. The van der Waals surface area contributed by atoms with Gasteiger partial charge in [0.1, 0.15) is 0 Å². The molecule has 0 saturated heterocycles. The van der Waals surface area contributed by atoms with Gasteiger partial charge in [-0.3, -0.25) is 14.9 Å². The molecule has 248 valence electrons. The first-order valence-electron chi connectivity index (χ1n) is 16.4. The lowest BCUT2D eigenvalue weighted by Crippen LogP contribution is -2.51. The largest absolute Gasteiger partial charge is 0.362 e. The zero-order valence-electron chi connectivity index (χ0n) is 27.4. The number of nitro benzene ring substituents is 1. The fraction of sp³-hybridized carbons (Fsp3) is 0.289. The van der Waals surface area contributed by atoms with Crippen LogP contribution in [0.4, 0.5) is 5.69 Å². The van der Waals surface area contributed by atoms with Gasteiger partial charge in [0.05, 0.1) is 17.7 Å². The van der Waals surface area contributed by atoms with Gasteiger partial charge in [-0.15, -0.1) is 0 Å². The Labute approximate surface area is 287 Å². The first-order valence-corrected chi connectivity index (χ1v) is 16.8. The number of thiocarbonyl (C=S) groups is 1. The Kier molecular flexibility index (Phi) is 11.9. The predicted molar refractivity (Wildman–Crippen MR) is 195 cm³/mol. The third-order valence-electron chi connectivity index (χ3n) is 8.80. The number of amides is 1. The van der Waals surface area contributed by atoms with Gasteiger partial charge in [0.2, 0.25) is 5.91 Å². The molecule has 0 aliphatic heterocycles. The zero-order valence-corrected chi connectivity index (χ0v) is 28.2. The topological polar surface area (TPSA) is 105 Å². The third-order valence-corrected chi connectivity index (χ3v) is 9.20. The molecule has 0 saturated carbocycles. The van der Waals surface area contributed by atoms with Gasteiger partial charge in [0.15, 0.2) is 5.11 Å². The highest BCUT2D eigenvalue weighted by Crippen LogP contribution is 2.21. The van der Waals surface area contributed by atoms with Gasteiger partial charge in [0.25, 0.3) is 5.69 Å². The van der Waals surface area contributed by atoms with Gasteiger partial charge < -0.3 is 20.1 Å². The van der Waals surface area contributed by atoms with E-state index >= 15 is 0 Å². The minimum atomic E-state index is -0.416. The number of carbonyl (C=O) groups is 1. The second-order valence-electron chi connectivity index (χ2n) is 12.2. The molecule has 9 nitrogen and oxygen atoms in total. The molecular weight excluding hydrogens is 621 g/mol. The number of nitrogens with one attached hydrogen (secondary N) is 2. The maximum absolute atomic E-state index is 13.6. The van der Waals surface area contributed by atoms with E-state index in [9.17, 15) is 14.9 Å². The standard InChI is InChI=1S/C38H42N6O3S/c1-3-28(2)36(41-37(45)22-34-23-39-27-43(34)24-30-16-18-33(19-17-30)44(46)47)26-42(38(48)40-21-20-29-10-5-4-6-11-29)25-32-14-9-13-31-12-7-8-15-35(31)32/h4-19,23,27-28,36H,3,20-22,24-26H2,1-2H3,(H,40,48)(H,41,45)/t28-,36+/m0/s1. The molecule has 2 atom stereocenters. The van der Waals surface area contributed by atoms with Crippen molar-refractivity contribution in [3.63, 3.8) is 0 Å². The van der Waals surface area contributed by atoms with E-state index in [-0.39, 0.29) is 30.0 Å². The molecule has 48 heavy (non-hydrogen) atoms. The Morgan fingerprint density at radius 3 is 2.46 bits per heavy atom. The van der Waals surface area contributed by atoms with Crippen molar-refractivity contribution in [1.29, 1.82) is 0 Å². The monoisotopic (exact) mass is 662 g/mol. The zero-order chi connectivity index (χ0) is 33.9. The minimum absolute atomic E-state index is 0.0421. The van der Waals surface area contributed by atoms with Crippen LogP contribution in [0.5, 0.6) is 0 Å². The van der Waals surface area contributed by atoms with E-state index in [2.05, 4.69) is 82.9 Å². The molecule has 0 radical (unpaired) electrons. The number of nitro groups is 1. The van der Waals surface area contributed by atoms with Crippen LogP contribution in [0.2, 0.25) is 0 Å². The van der Waals surface area contributed by atoms with Crippen LogP contribution in [0.25, 0.3) is 10.8 Å². The summed E-state index contributed by atoms with van der Waals surface area (Å²) in [5.41, 5.74) is 4.10. The lowest BCUT2D eigenvalue weighted by atomic mass is 9.97. The van der Waals surface area contributed by atoms with E-state index in [4.69, 9.17) is 12.2 Å². The second-order valence-corrected chi connectivity index (χ2v) is 12.5.